The molecule has 6 nitrogen and oxygen atoms in total. The van der Waals surface area contributed by atoms with Gasteiger partial charge in [-0.2, -0.15) is 4.68 Å². The van der Waals surface area contributed by atoms with Gasteiger partial charge in [-0.3, -0.25) is 0 Å². The second-order valence-electron chi connectivity index (χ2n) is 3.23. The van der Waals surface area contributed by atoms with Gasteiger partial charge in [0.1, 0.15) is 5.82 Å². The maximum Gasteiger partial charge on any atom is 0.490 e. The third-order valence-electron chi connectivity index (χ3n) is 2.04. The van der Waals surface area contributed by atoms with Crippen LogP contribution in [0.5, 0.6) is 0 Å². The molecular weight excluding hydrogens is 295 g/mol. The van der Waals surface area contributed by atoms with E-state index in [1.807, 2.05) is 0 Å². The third-order valence-corrected chi connectivity index (χ3v) is 2.53. The van der Waals surface area contributed by atoms with Crippen molar-refractivity contribution in [2.75, 3.05) is 0 Å². The molecule has 0 aliphatic rings. The van der Waals surface area contributed by atoms with Crippen LogP contribution in [-0.2, 0) is 6.54 Å². The van der Waals surface area contributed by atoms with Gasteiger partial charge in [-0.15, -0.1) is 0 Å². The Morgan fingerprint density at radius 3 is 2.88 bits per heavy atom. The lowest BCUT2D eigenvalue weighted by Crippen LogP contribution is -2.03. The largest absolute Gasteiger partial charge is 0.490 e. The Morgan fingerprint density at radius 2 is 2.29 bits per heavy atom. The van der Waals surface area contributed by atoms with Crippen LogP contribution in [0.3, 0.4) is 0 Å². The number of benzene rings is 1. The molecule has 88 valence electrons. The molecule has 8 heteroatoms. The van der Waals surface area contributed by atoms with E-state index in [0.29, 0.717) is 10.0 Å². The SMILES string of the molecule is O=[N+]([O-])c1ncn(Cc2ccc(Br)cc2F)n1. The Hall–Kier alpha value is -1.83. The van der Waals surface area contributed by atoms with Crippen molar-refractivity contribution in [2.24, 2.45) is 0 Å². The molecule has 0 unspecified atom stereocenters. The van der Waals surface area contributed by atoms with E-state index < -0.39 is 16.7 Å². The van der Waals surface area contributed by atoms with Crippen molar-refractivity contribution in [3.8, 4) is 0 Å². The van der Waals surface area contributed by atoms with E-state index in [4.69, 9.17) is 0 Å². The second kappa shape index (κ2) is 4.58. The van der Waals surface area contributed by atoms with Gasteiger partial charge in [-0.05, 0) is 17.1 Å². The van der Waals surface area contributed by atoms with Crippen LogP contribution in [0.4, 0.5) is 10.3 Å². The molecule has 0 spiro atoms. The van der Waals surface area contributed by atoms with Crippen molar-refractivity contribution >= 4 is 21.9 Å². The molecule has 0 fully saturated rings. The van der Waals surface area contributed by atoms with Gasteiger partial charge < -0.3 is 10.1 Å². The first-order valence-corrected chi connectivity index (χ1v) is 5.33. The summed E-state index contributed by atoms with van der Waals surface area (Å²) >= 11 is 3.14. The predicted molar refractivity (Wildman–Crippen MR) is 59.9 cm³/mol. The van der Waals surface area contributed by atoms with E-state index in [2.05, 4.69) is 26.0 Å². The second-order valence-corrected chi connectivity index (χ2v) is 4.15. The standard InChI is InChI=1S/C9H6BrFN4O2/c10-7-2-1-6(8(11)3-7)4-14-5-12-9(13-14)15(16)17/h1-3,5H,4H2. The summed E-state index contributed by atoms with van der Waals surface area (Å²) in [6.45, 7) is 0.0972. The van der Waals surface area contributed by atoms with Crippen molar-refractivity contribution in [1.29, 1.82) is 0 Å². The summed E-state index contributed by atoms with van der Waals surface area (Å²) in [7, 11) is 0. The number of hydrogen-bond acceptors (Lipinski definition) is 4. The van der Waals surface area contributed by atoms with Gasteiger partial charge in [-0.25, -0.2) is 4.39 Å². The number of hydrogen-bond donors (Lipinski definition) is 0. The Balaban J connectivity index is 2.22. The van der Waals surface area contributed by atoms with Crippen LogP contribution in [0.15, 0.2) is 29.0 Å². The van der Waals surface area contributed by atoms with E-state index in [1.54, 1.807) is 12.1 Å². The van der Waals surface area contributed by atoms with Crippen molar-refractivity contribution in [2.45, 2.75) is 6.54 Å². The molecule has 2 aromatic rings. The zero-order valence-corrected chi connectivity index (χ0v) is 9.96. The summed E-state index contributed by atoms with van der Waals surface area (Å²) in [5, 5.41) is 14.0. The molecule has 1 aromatic carbocycles. The fourth-order valence-corrected chi connectivity index (χ4v) is 1.60. The van der Waals surface area contributed by atoms with E-state index in [-0.39, 0.29) is 6.54 Å². The number of rotatable bonds is 3. The van der Waals surface area contributed by atoms with E-state index >= 15 is 0 Å². The van der Waals surface area contributed by atoms with Crippen LogP contribution in [0.25, 0.3) is 0 Å². The number of aromatic nitrogens is 3. The molecule has 17 heavy (non-hydrogen) atoms. The van der Waals surface area contributed by atoms with E-state index in [1.165, 1.54) is 17.1 Å². The van der Waals surface area contributed by atoms with Crippen LogP contribution in [0, 0.1) is 15.9 Å². The van der Waals surface area contributed by atoms with E-state index in [0.717, 1.165) is 0 Å². The lowest BCUT2D eigenvalue weighted by Gasteiger charge is -2.00. The van der Waals surface area contributed by atoms with Crippen LogP contribution >= 0.6 is 15.9 Å². The fourth-order valence-electron chi connectivity index (χ4n) is 1.27. The Labute approximate surface area is 103 Å². The molecule has 1 heterocycles. The van der Waals surface area contributed by atoms with E-state index in [9.17, 15) is 14.5 Å². The van der Waals surface area contributed by atoms with Gasteiger partial charge in [-0.1, -0.05) is 27.0 Å². The summed E-state index contributed by atoms with van der Waals surface area (Å²) in [5.41, 5.74) is 0.382. The first-order valence-electron chi connectivity index (χ1n) is 4.54. The molecule has 0 aliphatic carbocycles. The highest BCUT2D eigenvalue weighted by atomic mass is 79.9. The molecule has 0 aliphatic heterocycles. The summed E-state index contributed by atoms with van der Waals surface area (Å²) in [4.78, 5) is 13.1. The maximum absolute atomic E-state index is 13.5. The number of halogens is 2. The Bertz CT molecular complexity index is 572. The fraction of sp³-hybridized carbons (Fsp3) is 0.111. The van der Waals surface area contributed by atoms with Crippen LogP contribution in [-0.4, -0.2) is 19.7 Å². The molecule has 0 bridgehead atoms. The van der Waals surface area contributed by atoms with Gasteiger partial charge >= 0.3 is 5.95 Å². The Morgan fingerprint density at radius 1 is 1.53 bits per heavy atom. The van der Waals surface area contributed by atoms with Gasteiger partial charge in [0.2, 0.25) is 6.33 Å². The van der Waals surface area contributed by atoms with Gasteiger partial charge in [0.05, 0.1) is 6.54 Å². The first kappa shape index (κ1) is 11.6. The minimum atomic E-state index is -0.700. The molecular formula is C9H6BrFN4O2. The molecule has 0 saturated heterocycles. The molecule has 0 N–H and O–H groups in total. The molecule has 0 amide bonds. The van der Waals surface area contributed by atoms with Crippen LogP contribution < -0.4 is 0 Å². The minimum absolute atomic E-state index is 0.0972. The maximum atomic E-state index is 13.5. The quantitative estimate of drug-likeness (QED) is 0.643. The first-order chi connectivity index (χ1) is 8.06. The van der Waals surface area contributed by atoms with Gasteiger partial charge in [0.15, 0.2) is 0 Å². The lowest BCUT2D eigenvalue weighted by molar-refractivity contribution is -0.394. The van der Waals surface area contributed by atoms with Crippen LogP contribution in [0.1, 0.15) is 5.56 Å². The highest BCUT2D eigenvalue weighted by Gasteiger charge is 2.14. The minimum Gasteiger partial charge on any atom is -0.390 e. The average molecular weight is 301 g/mol. The van der Waals surface area contributed by atoms with Gasteiger partial charge in [0, 0.05) is 15.1 Å². The monoisotopic (exact) mass is 300 g/mol. The normalized spacial score (nSPS) is 10.5. The summed E-state index contributed by atoms with van der Waals surface area (Å²) < 4.78 is 15.3. The summed E-state index contributed by atoms with van der Waals surface area (Å²) in [6.07, 6.45) is 1.19. The Kier molecular flexibility index (Phi) is 3.14. The molecule has 0 atom stereocenters. The van der Waals surface area contributed by atoms with Crippen molar-refractivity contribution < 1.29 is 9.31 Å². The third kappa shape index (κ3) is 2.64. The molecule has 0 saturated carbocycles. The van der Waals surface area contributed by atoms with Gasteiger partial charge in [0.25, 0.3) is 0 Å². The highest BCUT2D eigenvalue weighted by molar-refractivity contribution is 9.10. The highest BCUT2D eigenvalue weighted by Crippen LogP contribution is 2.16. The zero-order chi connectivity index (χ0) is 12.4. The smallest absolute Gasteiger partial charge is 0.390 e. The zero-order valence-electron chi connectivity index (χ0n) is 8.38. The predicted octanol–water partition coefficient (Wildman–Crippen LogP) is 2.14. The average Bonchev–Trinajstić information content (AvgIpc) is 2.71. The summed E-state index contributed by atoms with van der Waals surface area (Å²) in [5.74, 6) is -0.903. The van der Waals surface area contributed by atoms with Crippen molar-refractivity contribution in [3.05, 3.63) is 50.5 Å². The lowest BCUT2D eigenvalue weighted by atomic mass is 10.2. The molecule has 2 rings (SSSR count). The van der Waals surface area contributed by atoms with Crippen LogP contribution in [0.2, 0.25) is 0 Å². The number of nitrogens with zero attached hydrogens (tertiary/aromatic N) is 4. The molecule has 1 aromatic heterocycles. The topological polar surface area (TPSA) is 73.8 Å². The molecule has 0 radical (unpaired) electrons. The number of nitro groups is 1. The van der Waals surface area contributed by atoms with Crippen molar-refractivity contribution in [3.63, 3.8) is 0 Å². The van der Waals surface area contributed by atoms with Crippen molar-refractivity contribution in [1.82, 2.24) is 14.8 Å². The summed E-state index contributed by atoms with van der Waals surface area (Å²) in [6, 6.07) is 4.58.